The second kappa shape index (κ2) is 9.85. The van der Waals surface area contributed by atoms with E-state index in [0.29, 0.717) is 11.3 Å². The zero-order valence-corrected chi connectivity index (χ0v) is 20.2. The van der Waals surface area contributed by atoms with E-state index in [0.717, 1.165) is 70.6 Å². The fraction of sp³-hybridized carbons (Fsp3) is 0.308. The lowest BCUT2D eigenvalue weighted by Crippen LogP contribution is -2.13. The second-order valence-corrected chi connectivity index (χ2v) is 9.54. The number of benzene rings is 2. The van der Waals surface area contributed by atoms with Gasteiger partial charge in [-0.1, -0.05) is 35.8 Å². The number of anilines is 1. The van der Waals surface area contributed by atoms with Crippen molar-refractivity contribution in [2.24, 2.45) is 0 Å². The Bertz CT molecular complexity index is 1310. The van der Waals surface area contributed by atoms with Crippen molar-refractivity contribution in [3.63, 3.8) is 0 Å². The lowest BCUT2D eigenvalue weighted by Gasteiger charge is -2.11. The van der Waals surface area contributed by atoms with E-state index in [2.05, 4.69) is 25.2 Å². The number of carbonyl (C=O) groups is 1. The highest BCUT2D eigenvalue weighted by Gasteiger charge is 2.18. The molecule has 5 rings (SSSR count). The molecule has 174 valence electrons. The van der Waals surface area contributed by atoms with Gasteiger partial charge in [0.1, 0.15) is 11.6 Å². The molecule has 8 heteroatoms. The van der Waals surface area contributed by atoms with E-state index in [1.54, 1.807) is 11.8 Å². The predicted molar refractivity (Wildman–Crippen MR) is 133 cm³/mol. The van der Waals surface area contributed by atoms with Gasteiger partial charge in [-0.25, -0.2) is 0 Å². The lowest BCUT2D eigenvalue weighted by atomic mass is 10.1. The average molecular weight is 474 g/mol. The summed E-state index contributed by atoms with van der Waals surface area (Å²) in [5, 5.41) is 16.0. The molecule has 0 radical (unpaired) electrons. The predicted octanol–water partition coefficient (Wildman–Crippen LogP) is 5.82. The van der Waals surface area contributed by atoms with E-state index >= 15 is 0 Å². The van der Waals surface area contributed by atoms with Crippen LogP contribution in [-0.4, -0.2) is 25.8 Å². The van der Waals surface area contributed by atoms with Crippen LogP contribution in [0.1, 0.15) is 52.5 Å². The summed E-state index contributed by atoms with van der Waals surface area (Å²) in [6, 6.07) is 15.5. The van der Waals surface area contributed by atoms with Crippen molar-refractivity contribution in [3.05, 3.63) is 76.9 Å². The van der Waals surface area contributed by atoms with Crippen molar-refractivity contribution >= 4 is 23.4 Å². The quantitative estimate of drug-likeness (QED) is 0.355. The van der Waals surface area contributed by atoms with Crippen LogP contribution in [0.2, 0.25) is 0 Å². The van der Waals surface area contributed by atoms with Crippen LogP contribution in [0.15, 0.2) is 57.9 Å². The van der Waals surface area contributed by atoms with Gasteiger partial charge < -0.3 is 14.4 Å². The number of rotatable bonds is 6. The topological polar surface area (TPSA) is 85.8 Å². The summed E-state index contributed by atoms with van der Waals surface area (Å²) in [5.74, 6) is 3.28. The van der Waals surface area contributed by atoms with Gasteiger partial charge in [-0.05, 0) is 51.0 Å². The largest absolute Gasteiger partial charge is 0.361 e. The zero-order valence-electron chi connectivity index (χ0n) is 19.4. The molecule has 0 bridgehead atoms. The number of amides is 1. The van der Waals surface area contributed by atoms with Gasteiger partial charge in [0.05, 0.1) is 11.3 Å². The summed E-state index contributed by atoms with van der Waals surface area (Å²) in [6.07, 6.45) is 4.47. The zero-order chi connectivity index (χ0) is 23.5. The van der Waals surface area contributed by atoms with Crippen molar-refractivity contribution in [1.82, 2.24) is 19.9 Å². The van der Waals surface area contributed by atoms with E-state index in [1.807, 2.05) is 62.4 Å². The van der Waals surface area contributed by atoms with E-state index in [-0.39, 0.29) is 5.91 Å². The number of thioether (sulfide) groups is 1. The summed E-state index contributed by atoms with van der Waals surface area (Å²) >= 11 is 1.61. The molecule has 0 atom stereocenters. The molecule has 2 aromatic heterocycles. The van der Waals surface area contributed by atoms with Crippen LogP contribution in [0.4, 0.5) is 5.69 Å². The van der Waals surface area contributed by atoms with Gasteiger partial charge >= 0.3 is 0 Å². The highest BCUT2D eigenvalue weighted by molar-refractivity contribution is 7.98. The molecule has 2 aromatic carbocycles. The minimum atomic E-state index is -0.140. The molecule has 4 aromatic rings. The van der Waals surface area contributed by atoms with Gasteiger partial charge in [-0.2, -0.15) is 0 Å². The fourth-order valence-electron chi connectivity index (χ4n) is 4.27. The van der Waals surface area contributed by atoms with Gasteiger partial charge in [0.15, 0.2) is 5.82 Å². The average Bonchev–Trinajstić information content (AvgIpc) is 3.30. The second-order valence-electron chi connectivity index (χ2n) is 8.52. The molecule has 3 heterocycles. The number of hydrogen-bond donors (Lipinski definition) is 1. The Morgan fingerprint density at radius 2 is 1.97 bits per heavy atom. The van der Waals surface area contributed by atoms with Crippen LogP contribution >= 0.6 is 11.8 Å². The Labute approximate surface area is 203 Å². The summed E-state index contributed by atoms with van der Waals surface area (Å²) in [7, 11) is 0. The van der Waals surface area contributed by atoms with Crippen molar-refractivity contribution in [2.75, 3.05) is 5.32 Å². The number of aryl methyl sites for hydroxylation is 3. The number of hydrogen-bond acceptors (Lipinski definition) is 6. The van der Waals surface area contributed by atoms with Gasteiger partial charge in [-0.3, -0.25) is 4.79 Å². The normalized spacial score (nSPS) is 13.4. The van der Waals surface area contributed by atoms with E-state index in [9.17, 15) is 4.79 Å². The first-order valence-electron chi connectivity index (χ1n) is 11.6. The molecule has 1 amide bonds. The van der Waals surface area contributed by atoms with Crippen molar-refractivity contribution in [3.8, 4) is 11.4 Å². The third-order valence-corrected chi connectivity index (χ3v) is 7.27. The molecule has 34 heavy (non-hydrogen) atoms. The lowest BCUT2D eigenvalue weighted by molar-refractivity contribution is 0.102. The minimum Gasteiger partial charge on any atom is -0.361 e. The van der Waals surface area contributed by atoms with Crippen LogP contribution in [0.3, 0.4) is 0 Å². The van der Waals surface area contributed by atoms with E-state index in [4.69, 9.17) is 4.52 Å². The fourth-order valence-corrected chi connectivity index (χ4v) is 5.47. The summed E-state index contributed by atoms with van der Waals surface area (Å²) in [4.78, 5) is 14.1. The maximum absolute atomic E-state index is 13.2. The van der Waals surface area contributed by atoms with Gasteiger partial charge in [-0.15, -0.1) is 22.0 Å². The molecule has 0 spiro atoms. The van der Waals surface area contributed by atoms with Gasteiger partial charge in [0, 0.05) is 40.4 Å². The Morgan fingerprint density at radius 1 is 1.09 bits per heavy atom. The Hall–Kier alpha value is -3.39. The van der Waals surface area contributed by atoms with Crippen LogP contribution in [0.5, 0.6) is 0 Å². The summed E-state index contributed by atoms with van der Waals surface area (Å²) in [6.45, 7) is 4.78. The maximum Gasteiger partial charge on any atom is 0.256 e. The summed E-state index contributed by atoms with van der Waals surface area (Å²) < 4.78 is 7.49. The molecule has 0 saturated carbocycles. The van der Waals surface area contributed by atoms with Crippen LogP contribution < -0.4 is 5.32 Å². The molecule has 7 nitrogen and oxygen atoms in total. The number of nitrogens with one attached hydrogen (secondary N) is 1. The molecule has 1 N–H and O–H groups in total. The molecular weight excluding hydrogens is 446 g/mol. The smallest absolute Gasteiger partial charge is 0.256 e. The van der Waals surface area contributed by atoms with E-state index in [1.165, 1.54) is 6.42 Å². The van der Waals surface area contributed by atoms with Crippen molar-refractivity contribution < 1.29 is 9.32 Å². The Morgan fingerprint density at radius 3 is 2.82 bits per heavy atom. The standard InChI is InChI=1S/C26H27N5O2S/c1-17-22(18(2)33-30-17)16-34-23-12-6-5-11-21(23)26(32)27-20-10-8-9-19(15-20)25-29-28-24-13-4-3-7-14-31(24)25/h5-6,8-12,15H,3-4,7,13-14,16H2,1-2H3,(H,27,32). The van der Waals surface area contributed by atoms with Crippen LogP contribution in [0.25, 0.3) is 11.4 Å². The molecule has 1 aliphatic heterocycles. The third-order valence-electron chi connectivity index (χ3n) is 6.17. The number of fused-ring (bicyclic) bond motifs is 1. The molecule has 1 aliphatic rings. The van der Waals surface area contributed by atoms with Crippen LogP contribution in [0, 0.1) is 13.8 Å². The van der Waals surface area contributed by atoms with Gasteiger partial charge in [0.2, 0.25) is 0 Å². The third kappa shape index (κ3) is 4.63. The number of aromatic nitrogens is 4. The Balaban J connectivity index is 1.34. The molecule has 0 fully saturated rings. The Kier molecular flexibility index (Phi) is 6.49. The summed E-state index contributed by atoms with van der Waals surface area (Å²) in [5.41, 5.74) is 4.29. The first-order chi connectivity index (χ1) is 16.6. The van der Waals surface area contributed by atoms with Crippen LogP contribution in [-0.2, 0) is 18.7 Å². The first-order valence-corrected chi connectivity index (χ1v) is 12.6. The van der Waals surface area contributed by atoms with Gasteiger partial charge in [0.25, 0.3) is 5.91 Å². The van der Waals surface area contributed by atoms with Crippen molar-refractivity contribution in [1.29, 1.82) is 0 Å². The number of nitrogens with zero attached hydrogens (tertiary/aromatic N) is 4. The molecule has 0 saturated heterocycles. The maximum atomic E-state index is 13.2. The SMILES string of the molecule is Cc1noc(C)c1CSc1ccccc1C(=O)Nc1cccc(-c2nnc3n2CCCCC3)c1. The molecule has 0 aliphatic carbocycles. The molecule has 0 unspecified atom stereocenters. The van der Waals surface area contributed by atoms with Crippen molar-refractivity contribution in [2.45, 2.75) is 56.7 Å². The minimum absolute atomic E-state index is 0.140. The van der Waals surface area contributed by atoms with E-state index < -0.39 is 0 Å². The highest BCUT2D eigenvalue weighted by atomic mass is 32.2. The molecular formula is C26H27N5O2S. The highest BCUT2D eigenvalue weighted by Crippen LogP contribution is 2.30. The monoisotopic (exact) mass is 473 g/mol. The number of carbonyl (C=O) groups excluding carboxylic acids is 1. The first kappa shape index (κ1) is 22.4.